The molecule has 1 fully saturated rings. The van der Waals surface area contributed by atoms with E-state index in [0.29, 0.717) is 37.7 Å². The highest BCUT2D eigenvalue weighted by Gasteiger charge is 2.30. The molecule has 2 heterocycles. The van der Waals surface area contributed by atoms with Gasteiger partial charge in [-0.1, -0.05) is 12.1 Å². The molecule has 174 valence electrons. The van der Waals surface area contributed by atoms with Crippen molar-refractivity contribution >= 4 is 23.2 Å². The second-order valence-electron chi connectivity index (χ2n) is 7.57. The van der Waals surface area contributed by atoms with Crippen molar-refractivity contribution in [3.05, 3.63) is 46.2 Å². The lowest BCUT2D eigenvalue weighted by Gasteiger charge is -2.37. The number of carbonyl (C=O) groups excluding carboxylic acids is 2. The monoisotopic (exact) mass is 461 g/mol. The van der Waals surface area contributed by atoms with E-state index in [1.165, 1.54) is 0 Å². The van der Waals surface area contributed by atoms with Gasteiger partial charge in [0.25, 0.3) is 0 Å². The number of thiophene rings is 1. The van der Waals surface area contributed by atoms with Gasteiger partial charge < -0.3 is 24.8 Å². The predicted octanol–water partition coefficient (Wildman–Crippen LogP) is 2.00. The summed E-state index contributed by atoms with van der Waals surface area (Å²) in [7, 11) is 3.16. The van der Waals surface area contributed by atoms with Gasteiger partial charge in [0.15, 0.2) is 11.5 Å². The molecule has 0 radical (unpaired) electrons. The zero-order valence-corrected chi connectivity index (χ0v) is 19.6. The summed E-state index contributed by atoms with van der Waals surface area (Å²) >= 11 is 1.65. The Morgan fingerprint density at radius 2 is 1.88 bits per heavy atom. The van der Waals surface area contributed by atoms with Crippen molar-refractivity contribution in [2.45, 2.75) is 25.4 Å². The van der Waals surface area contributed by atoms with Gasteiger partial charge >= 0.3 is 11.8 Å². The highest BCUT2D eigenvalue weighted by Crippen LogP contribution is 2.29. The third-order valence-electron chi connectivity index (χ3n) is 5.46. The SMILES string of the molecule is COc1ccc(CCNC(=O)C(=O)NC(C)C(c2cccs2)N2CCOCC2)cc1OC. The third kappa shape index (κ3) is 6.21. The van der Waals surface area contributed by atoms with Gasteiger partial charge in [0.05, 0.1) is 33.5 Å². The standard InChI is InChI=1S/C23H31N3O5S/c1-16(21(20-5-4-14-32-20)26-10-12-31-13-11-26)25-23(28)22(27)24-9-8-17-6-7-18(29-2)19(15-17)30-3/h4-7,14-16,21H,8-13H2,1-3H3,(H,24,27)(H,25,28). The van der Waals surface area contributed by atoms with E-state index in [9.17, 15) is 9.59 Å². The molecule has 1 aliphatic rings. The van der Waals surface area contributed by atoms with Crippen molar-refractivity contribution in [2.75, 3.05) is 47.1 Å². The molecule has 1 aromatic carbocycles. The first kappa shape index (κ1) is 24.0. The van der Waals surface area contributed by atoms with E-state index in [1.807, 2.05) is 36.6 Å². The number of morpholine rings is 1. The van der Waals surface area contributed by atoms with E-state index in [1.54, 1.807) is 25.6 Å². The zero-order chi connectivity index (χ0) is 22.9. The molecule has 2 amide bonds. The Hall–Kier alpha value is -2.62. The second kappa shape index (κ2) is 11.8. The molecule has 1 aliphatic heterocycles. The van der Waals surface area contributed by atoms with Crippen LogP contribution in [-0.2, 0) is 20.7 Å². The molecule has 2 aromatic rings. The molecule has 0 saturated carbocycles. The zero-order valence-electron chi connectivity index (χ0n) is 18.8. The molecule has 1 saturated heterocycles. The number of hydrogen-bond donors (Lipinski definition) is 2. The maximum absolute atomic E-state index is 12.5. The van der Waals surface area contributed by atoms with Crippen molar-refractivity contribution in [2.24, 2.45) is 0 Å². The molecule has 0 bridgehead atoms. The van der Waals surface area contributed by atoms with Gasteiger partial charge in [-0.25, -0.2) is 0 Å². The van der Waals surface area contributed by atoms with Crippen LogP contribution in [0.5, 0.6) is 11.5 Å². The largest absolute Gasteiger partial charge is 0.493 e. The summed E-state index contributed by atoms with van der Waals surface area (Å²) in [6, 6.07) is 9.43. The molecule has 32 heavy (non-hydrogen) atoms. The Labute approximate surface area is 192 Å². The van der Waals surface area contributed by atoms with Crippen LogP contribution in [0.4, 0.5) is 0 Å². The number of rotatable bonds is 9. The Balaban J connectivity index is 1.53. The quantitative estimate of drug-likeness (QED) is 0.556. The fourth-order valence-electron chi connectivity index (χ4n) is 3.85. The molecule has 9 heteroatoms. The van der Waals surface area contributed by atoms with E-state index in [4.69, 9.17) is 14.2 Å². The van der Waals surface area contributed by atoms with Gasteiger partial charge in [-0.2, -0.15) is 0 Å². The summed E-state index contributed by atoms with van der Waals surface area (Å²) in [6.07, 6.45) is 0.570. The fraction of sp³-hybridized carbons (Fsp3) is 0.478. The van der Waals surface area contributed by atoms with Crippen LogP contribution in [0, 0.1) is 0 Å². The minimum Gasteiger partial charge on any atom is -0.493 e. The minimum atomic E-state index is -0.635. The summed E-state index contributed by atoms with van der Waals surface area (Å²) in [4.78, 5) is 28.4. The van der Waals surface area contributed by atoms with Gasteiger partial charge in [0.2, 0.25) is 0 Å². The Kier molecular flexibility index (Phi) is 8.90. The first-order valence-electron chi connectivity index (χ1n) is 10.7. The van der Waals surface area contributed by atoms with Crippen molar-refractivity contribution in [1.29, 1.82) is 0 Å². The number of hydrogen-bond acceptors (Lipinski definition) is 7. The Bertz CT molecular complexity index is 884. The number of carbonyl (C=O) groups is 2. The molecule has 3 rings (SSSR count). The Morgan fingerprint density at radius 1 is 1.12 bits per heavy atom. The van der Waals surface area contributed by atoms with Crippen LogP contribution in [0.15, 0.2) is 35.7 Å². The summed E-state index contributed by atoms with van der Waals surface area (Å²) in [6.45, 7) is 5.20. The predicted molar refractivity (Wildman–Crippen MR) is 123 cm³/mol. The average Bonchev–Trinajstić information content (AvgIpc) is 3.33. The summed E-state index contributed by atoms with van der Waals surface area (Å²) in [5.41, 5.74) is 0.974. The molecule has 2 unspecified atom stereocenters. The lowest BCUT2D eigenvalue weighted by molar-refractivity contribution is -0.139. The summed E-state index contributed by atoms with van der Waals surface area (Å²) in [5.74, 6) is 0.0173. The van der Waals surface area contributed by atoms with Crippen LogP contribution < -0.4 is 20.1 Å². The number of amides is 2. The van der Waals surface area contributed by atoms with Crippen LogP contribution in [-0.4, -0.2) is 69.8 Å². The lowest BCUT2D eigenvalue weighted by Crippen LogP contribution is -2.51. The van der Waals surface area contributed by atoms with Crippen LogP contribution in [0.25, 0.3) is 0 Å². The van der Waals surface area contributed by atoms with E-state index >= 15 is 0 Å². The number of nitrogens with zero attached hydrogens (tertiary/aromatic N) is 1. The topological polar surface area (TPSA) is 89.1 Å². The Morgan fingerprint density at radius 3 is 2.53 bits per heavy atom. The molecule has 0 aliphatic carbocycles. The van der Waals surface area contributed by atoms with Crippen molar-refractivity contribution in [3.8, 4) is 11.5 Å². The molecule has 2 N–H and O–H groups in total. The van der Waals surface area contributed by atoms with E-state index in [-0.39, 0.29) is 12.1 Å². The van der Waals surface area contributed by atoms with Gasteiger partial charge in [0, 0.05) is 30.6 Å². The number of ether oxygens (including phenoxy) is 3. The van der Waals surface area contributed by atoms with Gasteiger partial charge in [-0.15, -0.1) is 11.3 Å². The molecule has 2 atom stereocenters. The first-order valence-corrected chi connectivity index (χ1v) is 11.6. The van der Waals surface area contributed by atoms with Crippen molar-refractivity contribution in [3.63, 3.8) is 0 Å². The lowest BCUT2D eigenvalue weighted by atomic mass is 10.1. The van der Waals surface area contributed by atoms with Gasteiger partial charge in [-0.3, -0.25) is 14.5 Å². The van der Waals surface area contributed by atoms with Crippen LogP contribution in [0.2, 0.25) is 0 Å². The molecular weight excluding hydrogens is 430 g/mol. The van der Waals surface area contributed by atoms with Crippen LogP contribution in [0.1, 0.15) is 23.4 Å². The summed E-state index contributed by atoms with van der Waals surface area (Å²) in [5, 5.41) is 7.61. The molecule has 0 spiro atoms. The van der Waals surface area contributed by atoms with Crippen molar-refractivity contribution < 1.29 is 23.8 Å². The maximum atomic E-state index is 12.5. The third-order valence-corrected chi connectivity index (χ3v) is 6.40. The smallest absolute Gasteiger partial charge is 0.309 e. The van der Waals surface area contributed by atoms with E-state index in [2.05, 4.69) is 21.6 Å². The fourth-order valence-corrected chi connectivity index (χ4v) is 4.81. The van der Waals surface area contributed by atoms with Crippen molar-refractivity contribution in [1.82, 2.24) is 15.5 Å². The van der Waals surface area contributed by atoms with Crippen LogP contribution in [0.3, 0.4) is 0 Å². The van der Waals surface area contributed by atoms with Crippen LogP contribution >= 0.6 is 11.3 Å². The minimum absolute atomic E-state index is 0.00224. The average molecular weight is 462 g/mol. The molecular formula is C23H31N3O5S. The van der Waals surface area contributed by atoms with E-state index in [0.717, 1.165) is 23.5 Å². The number of methoxy groups -OCH3 is 2. The molecule has 1 aromatic heterocycles. The summed E-state index contributed by atoms with van der Waals surface area (Å²) < 4.78 is 16.0. The maximum Gasteiger partial charge on any atom is 0.309 e. The first-order chi connectivity index (χ1) is 15.5. The number of benzene rings is 1. The number of nitrogens with one attached hydrogen (secondary N) is 2. The van der Waals surface area contributed by atoms with Gasteiger partial charge in [-0.05, 0) is 42.5 Å². The van der Waals surface area contributed by atoms with Gasteiger partial charge in [0.1, 0.15) is 0 Å². The molecule has 8 nitrogen and oxygen atoms in total. The highest BCUT2D eigenvalue weighted by atomic mass is 32.1. The van der Waals surface area contributed by atoms with E-state index < -0.39 is 11.8 Å². The second-order valence-corrected chi connectivity index (χ2v) is 8.55. The highest BCUT2D eigenvalue weighted by molar-refractivity contribution is 7.10. The normalized spacial score (nSPS) is 16.1.